The lowest BCUT2D eigenvalue weighted by molar-refractivity contribution is 0.0751. The molecule has 0 fully saturated rings. The summed E-state index contributed by atoms with van der Waals surface area (Å²) in [5, 5.41) is 9.41. The third kappa shape index (κ3) is 2.86. The van der Waals surface area contributed by atoms with E-state index in [1.54, 1.807) is 19.1 Å². The normalized spacial score (nSPS) is 11.9. The van der Waals surface area contributed by atoms with E-state index in [1.165, 1.54) is 11.1 Å². The van der Waals surface area contributed by atoms with Gasteiger partial charge in [0.05, 0.1) is 17.5 Å². The molecule has 1 amide bonds. The number of aryl methyl sites for hydroxylation is 1. The van der Waals surface area contributed by atoms with Crippen LogP contribution in [0.5, 0.6) is 0 Å². The maximum atomic E-state index is 12.6. The van der Waals surface area contributed by atoms with Crippen LogP contribution in [0.2, 0.25) is 0 Å². The Morgan fingerprint density at radius 2 is 2.18 bits per heavy atom. The van der Waals surface area contributed by atoms with Gasteiger partial charge in [0, 0.05) is 24.7 Å². The first-order chi connectivity index (χ1) is 10.5. The number of aromatic amines is 1. The van der Waals surface area contributed by atoms with E-state index in [-0.39, 0.29) is 22.8 Å². The molecular weight excluding hydrogens is 278 g/mol. The van der Waals surface area contributed by atoms with Crippen LogP contribution in [0, 0.1) is 24.2 Å². The van der Waals surface area contributed by atoms with Gasteiger partial charge in [-0.25, -0.2) is 0 Å². The van der Waals surface area contributed by atoms with Gasteiger partial charge in [0.2, 0.25) is 5.43 Å². The van der Waals surface area contributed by atoms with E-state index in [9.17, 15) is 9.59 Å². The van der Waals surface area contributed by atoms with Crippen LogP contribution >= 0.6 is 0 Å². The van der Waals surface area contributed by atoms with E-state index in [0.29, 0.717) is 18.5 Å². The zero-order valence-electron chi connectivity index (χ0n) is 13.0. The van der Waals surface area contributed by atoms with Crippen molar-refractivity contribution >= 4 is 16.8 Å². The standard InChI is InChI=1S/C17H19N3O2/c1-4-20(10-11(2)8-18)17(22)14-9-19-15-12(3)6-5-7-13(15)16(14)21/h5-7,9,11H,4,10H2,1-3H3,(H,19,21)/t11-/m1/s1. The summed E-state index contributed by atoms with van der Waals surface area (Å²) in [6.45, 7) is 6.27. The Labute approximate surface area is 129 Å². The van der Waals surface area contributed by atoms with E-state index in [1.807, 2.05) is 19.9 Å². The molecule has 2 rings (SSSR count). The average molecular weight is 297 g/mol. The monoisotopic (exact) mass is 297 g/mol. The van der Waals surface area contributed by atoms with Crippen LogP contribution in [0.25, 0.3) is 10.9 Å². The minimum Gasteiger partial charge on any atom is -0.360 e. The average Bonchev–Trinajstić information content (AvgIpc) is 2.53. The van der Waals surface area contributed by atoms with Gasteiger partial charge in [-0.3, -0.25) is 9.59 Å². The fraction of sp³-hybridized carbons (Fsp3) is 0.353. The van der Waals surface area contributed by atoms with Crippen molar-refractivity contribution in [2.24, 2.45) is 5.92 Å². The number of carbonyl (C=O) groups is 1. The number of pyridine rings is 1. The Morgan fingerprint density at radius 3 is 2.82 bits per heavy atom. The first-order valence-corrected chi connectivity index (χ1v) is 7.29. The number of rotatable bonds is 4. The highest BCUT2D eigenvalue weighted by Gasteiger charge is 2.20. The van der Waals surface area contributed by atoms with Crippen LogP contribution in [0.3, 0.4) is 0 Å². The Hall–Kier alpha value is -2.61. The molecule has 1 heterocycles. The lowest BCUT2D eigenvalue weighted by atomic mass is 10.1. The first-order valence-electron chi connectivity index (χ1n) is 7.29. The summed E-state index contributed by atoms with van der Waals surface area (Å²) in [5.41, 5.74) is 1.55. The third-order valence-electron chi connectivity index (χ3n) is 3.74. The van der Waals surface area contributed by atoms with Gasteiger partial charge in [-0.2, -0.15) is 5.26 Å². The number of fused-ring (bicyclic) bond motifs is 1. The second-order valence-electron chi connectivity index (χ2n) is 5.40. The molecule has 5 heteroatoms. The molecule has 0 saturated carbocycles. The lowest BCUT2D eigenvalue weighted by Gasteiger charge is -2.21. The summed E-state index contributed by atoms with van der Waals surface area (Å²) in [6, 6.07) is 7.53. The van der Waals surface area contributed by atoms with E-state index >= 15 is 0 Å². The molecule has 1 N–H and O–H groups in total. The van der Waals surface area contributed by atoms with E-state index in [2.05, 4.69) is 11.1 Å². The van der Waals surface area contributed by atoms with Crippen molar-refractivity contribution in [1.29, 1.82) is 5.26 Å². The Bertz CT molecular complexity index is 802. The predicted molar refractivity (Wildman–Crippen MR) is 85.7 cm³/mol. The van der Waals surface area contributed by atoms with Crippen molar-refractivity contribution < 1.29 is 4.79 Å². The molecule has 1 atom stereocenters. The highest BCUT2D eigenvalue weighted by Crippen LogP contribution is 2.14. The van der Waals surface area contributed by atoms with E-state index in [0.717, 1.165) is 11.1 Å². The number of amides is 1. The van der Waals surface area contributed by atoms with Crippen molar-refractivity contribution in [3.63, 3.8) is 0 Å². The molecule has 0 saturated heterocycles. The van der Waals surface area contributed by atoms with Gasteiger partial charge >= 0.3 is 0 Å². The van der Waals surface area contributed by atoms with Gasteiger partial charge in [0.15, 0.2) is 0 Å². The fourth-order valence-corrected chi connectivity index (χ4v) is 2.46. The molecule has 5 nitrogen and oxygen atoms in total. The predicted octanol–water partition coefficient (Wildman–Crippen LogP) is 2.46. The lowest BCUT2D eigenvalue weighted by Crippen LogP contribution is -2.37. The minimum absolute atomic E-state index is 0.116. The largest absolute Gasteiger partial charge is 0.360 e. The Kier molecular flexibility index (Phi) is 4.62. The molecular formula is C17H19N3O2. The number of hydrogen-bond donors (Lipinski definition) is 1. The second-order valence-corrected chi connectivity index (χ2v) is 5.40. The smallest absolute Gasteiger partial charge is 0.259 e. The van der Waals surface area contributed by atoms with Crippen molar-refractivity contribution in [1.82, 2.24) is 9.88 Å². The van der Waals surface area contributed by atoms with Gasteiger partial charge in [-0.1, -0.05) is 12.1 Å². The van der Waals surface area contributed by atoms with Crippen LogP contribution in [0.4, 0.5) is 0 Å². The second kappa shape index (κ2) is 6.44. The topological polar surface area (TPSA) is 77.0 Å². The maximum absolute atomic E-state index is 12.6. The Morgan fingerprint density at radius 1 is 1.45 bits per heavy atom. The highest BCUT2D eigenvalue weighted by atomic mass is 16.2. The minimum atomic E-state index is -0.339. The van der Waals surface area contributed by atoms with Crippen molar-refractivity contribution in [2.45, 2.75) is 20.8 Å². The van der Waals surface area contributed by atoms with Crippen LogP contribution in [0.15, 0.2) is 29.2 Å². The fourth-order valence-electron chi connectivity index (χ4n) is 2.46. The molecule has 114 valence electrons. The van der Waals surface area contributed by atoms with Crippen molar-refractivity contribution in [2.75, 3.05) is 13.1 Å². The SMILES string of the molecule is CCN(C[C@H](C)C#N)C(=O)c1c[nH]c2c(C)cccc2c1=O. The molecule has 22 heavy (non-hydrogen) atoms. The molecule has 0 aliphatic heterocycles. The zero-order chi connectivity index (χ0) is 16.3. The van der Waals surface area contributed by atoms with Crippen LogP contribution in [0.1, 0.15) is 29.8 Å². The number of carbonyl (C=O) groups excluding carboxylic acids is 1. The van der Waals surface area contributed by atoms with Crippen molar-refractivity contribution in [3.8, 4) is 6.07 Å². The summed E-state index contributed by atoms with van der Waals surface area (Å²) >= 11 is 0. The number of nitriles is 1. The molecule has 0 radical (unpaired) electrons. The first kappa shape index (κ1) is 15.8. The van der Waals surface area contributed by atoms with E-state index in [4.69, 9.17) is 5.26 Å². The maximum Gasteiger partial charge on any atom is 0.259 e. The molecule has 0 unspecified atom stereocenters. The third-order valence-corrected chi connectivity index (χ3v) is 3.74. The van der Waals surface area contributed by atoms with Gasteiger partial charge in [-0.15, -0.1) is 0 Å². The summed E-state index contributed by atoms with van der Waals surface area (Å²) < 4.78 is 0. The molecule has 0 spiro atoms. The van der Waals surface area contributed by atoms with Crippen LogP contribution in [-0.2, 0) is 0 Å². The van der Waals surface area contributed by atoms with Gasteiger partial charge in [0.25, 0.3) is 5.91 Å². The van der Waals surface area contributed by atoms with Gasteiger partial charge in [-0.05, 0) is 32.4 Å². The van der Waals surface area contributed by atoms with Crippen LogP contribution < -0.4 is 5.43 Å². The summed E-state index contributed by atoms with van der Waals surface area (Å²) in [6.07, 6.45) is 1.47. The summed E-state index contributed by atoms with van der Waals surface area (Å²) in [7, 11) is 0. The molecule has 0 aliphatic rings. The molecule has 1 aromatic carbocycles. The number of nitrogens with one attached hydrogen (secondary N) is 1. The molecule has 1 aromatic heterocycles. The zero-order valence-corrected chi connectivity index (χ0v) is 13.0. The van der Waals surface area contributed by atoms with E-state index < -0.39 is 0 Å². The van der Waals surface area contributed by atoms with Gasteiger partial charge in [0.1, 0.15) is 5.56 Å². The quantitative estimate of drug-likeness (QED) is 0.941. The summed E-state index contributed by atoms with van der Waals surface area (Å²) in [5.74, 6) is -0.611. The number of aromatic nitrogens is 1. The Balaban J connectivity index is 2.46. The highest BCUT2D eigenvalue weighted by molar-refractivity contribution is 5.97. The number of benzene rings is 1. The number of hydrogen-bond acceptors (Lipinski definition) is 3. The molecule has 0 aliphatic carbocycles. The number of H-pyrrole nitrogens is 1. The molecule has 0 bridgehead atoms. The number of para-hydroxylation sites is 1. The molecule has 2 aromatic rings. The summed E-state index contributed by atoms with van der Waals surface area (Å²) in [4.78, 5) is 29.7. The van der Waals surface area contributed by atoms with Crippen LogP contribution in [-0.4, -0.2) is 28.9 Å². The number of nitrogens with zero attached hydrogens (tertiary/aromatic N) is 2. The van der Waals surface area contributed by atoms with Crippen molar-refractivity contribution in [3.05, 3.63) is 45.7 Å². The van der Waals surface area contributed by atoms with Gasteiger partial charge < -0.3 is 9.88 Å².